The molecule has 0 saturated carbocycles. The summed E-state index contributed by atoms with van der Waals surface area (Å²) in [5.74, 6) is 1.66. The Morgan fingerprint density at radius 2 is 2.00 bits per heavy atom. The van der Waals surface area contributed by atoms with Crippen LogP contribution in [0.25, 0.3) is 0 Å². The molecule has 0 amide bonds. The van der Waals surface area contributed by atoms with Crippen molar-refractivity contribution in [2.75, 3.05) is 0 Å². The highest BCUT2D eigenvalue weighted by Crippen LogP contribution is 2.29. The van der Waals surface area contributed by atoms with E-state index < -0.39 is 0 Å². The van der Waals surface area contributed by atoms with E-state index >= 15 is 0 Å². The monoisotopic (exact) mass is 120 g/mol. The smallest absolute Gasteiger partial charge is 0.00532 e. The van der Waals surface area contributed by atoms with E-state index in [4.69, 9.17) is 0 Å². The van der Waals surface area contributed by atoms with Crippen LogP contribution in [0.4, 0.5) is 0 Å². The van der Waals surface area contributed by atoms with Gasteiger partial charge in [0.25, 0.3) is 0 Å². The first-order valence-electron chi connectivity index (χ1n) is 3.80. The van der Waals surface area contributed by atoms with E-state index in [9.17, 15) is 0 Å². The summed E-state index contributed by atoms with van der Waals surface area (Å²) in [5.41, 5.74) is 0. The molecule has 2 atom stereocenters. The number of allylic oxidation sites excluding steroid dienone is 4. The Morgan fingerprint density at radius 3 is 2.78 bits per heavy atom. The molecule has 0 aromatic carbocycles. The van der Waals surface area contributed by atoms with E-state index in [1.807, 2.05) is 0 Å². The predicted molar refractivity (Wildman–Crippen MR) is 39.1 cm³/mol. The molecule has 3 rings (SSSR count). The lowest BCUT2D eigenvalue weighted by atomic mass is 9.91. The van der Waals surface area contributed by atoms with Gasteiger partial charge >= 0.3 is 0 Å². The van der Waals surface area contributed by atoms with Crippen molar-refractivity contribution in [1.82, 2.24) is 0 Å². The standard InChI is InChI=1S/C9H12/c1-2-8-4-6-9(3-1)7-5-8/h1-2,4,6,8-9H,3,5,7H2. The molecular formula is C9H12. The summed E-state index contributed by atoms with van der Waals surface area (Å²) in [6.07, 6.45) is 13.5. The first-order valence-corrected chi connectivity index (χ1v) is 3.80. The molecule has 0 fully saturated rings. The molecule has 2 unspecified atom stereocenters. The maximum atomic E-state index is 2.38. The van der Waals surface area contributed by atoms with Crippen LogP contribution in [-0.2, 0) is 0 Å². The molecule has 0 saturated heterocycles. The number of hydrogen-bond donors (Lipinski definition) is 0. The molecule has 0 radical (unpaired) electrons. The summed E-state index contributed by atoms with van der Waals surface area (Å²) in [7, 11) is 0. The minimum absolute atomic E-state index is 0.781. The maximum absolute atomic E-state index is 2.38. The van der Waals surface area contributed by atoms with Crippen molar-refractivity contribution >= 4 is 0 Å². The lowest BCUT2D eigenvalue weighted by Gasteiger charge is -2.14. The summed E-state index contributed by atoms with van der Waals surface area (Å²) in [5, 5.41) is 0. The SMILES string of the molecule is C1=CC2C=CC(C1)CC2. The second kappa shape index (κ2) is 2.02. The molecule has 0 heteroatoms. The van der Waals surface area contributed by atoms with Gasteiger partial charge in [0.05, 0.1) is 0 Å². The van der Waals surface area contributed by atoms with Crippen LogP contribution < -0.4 is 0 Å². The molecule has 2 bridgehead atoms. The van der Waals surface area contributed by atoms with E-state index in [1.165, 1.54) is 19.3 Å². The van der Waals surface area contributed by atoms with E-state index in [0.717, 1.165) is 11.8 Å². The molecule has 9 heavy (non-hydrogen) atoms. The first-order chi connectivity index (χ1) is 4.45. The predicted octanol–water partition coefficient (Wildman–Crippen LogP) is 2.53. The van der Waals surface area contributed by atoms with Crippen LogP contribution >= 0.6 is 0 Å². The van der Waals surface area contributed by atoms with Crippen molar-refractivity contribution in [2.24, 2.45) is 11.8 Å². The molecular weight excluding hydrogens is 108 g/mol. The largest absolute Gasteiger partial charge is 0.0874 e. The molecule has 3 aliphatic rings. The quantitative estimate of drug-likeness (QED) is 0.431. The van der Waals surface area contributed by atoms with Crippen LogP contribution in [0.1, 0.15) is 19.3 Å². The Bertz CT molecular complexity index is 153. The molecule has 0 N–H and O–H groups in total. The molecule has 0 aliphatic heterocycles. The highest BCUT2D eigenvalue weighted by atomic mass is 14.2. The van der Waals surface area contributed by atoms with E-state index in [2.05, 4.69) is 24.3 Å². The second-order valence-electron chi connectivity index (χ2n) is 3.05. The van der Waals surface area contributed by atoms with Crippen LogP contribution in [-0.4, -0.2) is 0 Å². The third-order valence-electron chi connectivity index (χ3n) is 2.32. The Hall–Kier alpha value is -0.520. The van der Waals surface area contributed by atoms with E-state index in [-0.39, 0.29) is 0 Å². The zero-order valence-electron chi connectivity index (χ0n) is 5.59. The van der Waals surface area contributed by atoms with Crippen molar-refractivity contribution in [3.8, 4) is 0 Å². The van der Waals surface area contributed by atoms with Crippen molar-refractivity contribution < 1.29 is 0 Å². The fraction of sp³-hybridized carbons (Fsp3) is 0.556. The number of rotatable bonds is 0. The summed E-state index contributed by atoms with van der Waals surface area (Å²) in [6.45, 7) is 0. The van der Waals surface area contributed by atoms with Gasteiger partial charge in [0.1, 0.15) is 0 Å². The summed E-state index contributed by atoms with van der Waals surface area (Å²) >= 11 is 0. The number of hydrogen-bond acceptors (Lipinski definition) is 0. The van der Waals surface area contributed by atoms with Gasteiger partial charge in [0.2, 0.25) is 0 Å². The van der Waals surface area contributed by atoms with Crippen LogP contribution in [0.2, 0.25) is 0 Å². The highest BCUT2D eigenvalue weighted by Gasteiger charge is 2.15. The minimum Gasteiger partial charge on any atom is -0.0874 e. The van der Waals surface area contributed by atoms with Gasteiger partial charge in [-0.1, -0.05) is 24.3 Å². The van der Waals surface area contributed by atoms with Crippen molar-refractivity contribution in [3.05, 3.63) is 24.3 Å². The van der Waals surface area contributed by atoms with Gasteiger partial charge in [-0.05, 0) is 31.1 Å². The van der Waals surface area contributed by atoms with Gasteiger partial charge in [0, 0.05) is 0 Å². The van der Waals surface area contributed by atoms with Gasteiger partial charge < -0.3 is 0 Å². The van der Waals surface area contributed by atoms with E-state index in [1.54, 1.807) is 0 Å². The summed E-state index contributed by atoms with van der Waals surface area (Å²) in [6, 6.07) is 0. The van der Waals surface area contributed by atoms with Gasteiger partial charge in [-0.2, -0.15) is 0 Å². The second-order valence-corrected chi connectivity index (χ2v) is 3.05. The summed E-state index contributed by atoms with van der Waals surface area (Å²) in [4.78, 5) is 0. The minimum atomic E-state index is 0.781. The highest BCUT2D eigenvalue weighted by molar-refractivity contribution is 5.11. The fourth-order valence-corrected chi connectivity index (χ4v) is 1.68. The Kier molecular flexibility index (Phi) is 1.18. The summed E-state index contributed by atoms with van der Waals surface area (Å²) < 4.78 is 0. The van der Waals surface area contributed by atoms with Crippen molar-refractivity contribution in [1.29, 1.82) is 0 Å². The van der Waals surface area contributed by atoms with Gasteiger partial charge in [0.15, 0.2) is 0 Å². The van der Waals surface area contributed by atoms with E-state index in [0.29, 0.717) is 0 Å². The molecule has 0 heterocycles. The lowest BCUT2D eigenvalue weighted by molar-refractivity contribution is 0.522. The molecule has 0 spiro atoms. The Balaban J connectivity index is 2.26. The third kappa shape index (κ3) is 0.937. The molecule has 0 nitrogen and oxygen atoms in total. The topological polar surface area (TPSA) is 0 Å². The molecule has 3 aliphatic carbocycles. The van der Waals surface area contributed by atoms with Gasteiger partial charge in [-0.3, -0.25) is 0 Å². The Morgan fingerprint density at radius 1 is 1.00 bits per heavy atom. The zero-order chi connectivity index (χ0) is 6.10. The average molecular weight is 120 g/mol. The lowest BCUT2D eigenvalue weighted by Crippen LogP contribution is -2.01. The van der Waals surface area contributed by atoms with Crippen LogP contribution in [0.15, 0.2) is 24.3 Å². The molecule has 0 aromatic heterocycles. The first kappa shape index (κ1) is 5.28. The van der Waals surface area contributed by atoms with Crippen LogP contribution in [0.5, 0.6) is 0 Å². The maximum Gasteiger partial charge on any atom is -0.00532 e. The zero-order valence-corrected chi connectivity index (χ0v) is 5.59. The fourth-order valence-electron chi connectivity index (χ4n) is 1.68. The van der Waals surface area contributed by atoms with Gasteiger partial charge in [-0.25, -0.2) is 0 Å². The third-order valence-corrected chi connectivity index (χ3v) is 2.32. The van der Waals surface area contributed by atoms with Crippen molar-refractivity contribution in [2.45, 2.75) is 19.3 Å². The van der Waals surface area contributed by atoms with Crippen LogP contribution in [0.3, 0.4) is 0 Å². The van der Waals surface area contributed by atoms with Crippen LogP contribution in [0, 0.1) is 11.8 Å². The van der Waals surface area contributed by atoms with Crippen molar-refractivity contribution in [3.63, 3.8) is 0 Å². The molecule has 48 valence electrons. The number of fused-ring (bicyclic) bond motifs is 2. The Labute approximate surface area is 56.3 Å². The normalized spacial score (nSPS) is 39.1. The average Bonchev–Trinajstić information content (AvgIpc) is 2.21. The molecule has 0 aromatic rings. The van der Waals surface area contributed by atoms with Gasteiger partial charge in [-0.15, -0.1) is 0 Å².